The van der Waals surface area contributed by atoms with Gasteiger partial charge in [-0.3, -0.25) is 4.79 Å². The van der Waals surface area contributed by atoms with Crippen molar-refractivity contribution in [2.24, 2.45) is 0 Å². The minimum absolute atomic E-state index is 0.201. The molecule has 0 unspecified atom stereocenters. The van der Waals surface area contributed by atoms with E-state index in [1.54, 1.807) is 29.8 Å². The van der Waals surface area contributed by atoms with Crippen molar-refractivity contribution >= 4 is 33.3 Å². The summed E-state index contributed by atoms with van der Waals surface area (Å²) >= 11 is 1.57. The lowest BCUT2D eigenvalue weighted by Gasteiger charge is -2.10. The Labute approximate surface area is 188 Å². The average Bonchev–Trinajstić information content (AvgIpc) is 3.47. The lowest BCUT2D eigenvalue weighted by Crippen LogP contribution is -2.13. The smallest absolute Gasteiger partial charge is 0.256 e. The maximum atomic E-state index is 12.9. The van der Waals surface area contributed by atoms with Crippen molar-refractivity contribution in [2.45, 2.75) is 19.9 Å². The molecule has 0 spiro atoms. The highest BCUT2D eigenvalue weighted by atomic mass is 32.1. The first-order valence-corrected chi connectivity index (χ1v) is 11.0. The molecular formula is C24H20N6OS. The first kappa shape index (κ1) is 20.0. The second-order valence-electron chi connectivity index (χ2n) is 7.59. The van der Waals surface area contributed by atoms with Crippen LogP contribution in [-0.4, -0.2) is 30.6 Å². The number of amides is 1. The topological polar surface area (TPSA) is 85.6 Å². The zero-order valence-electron chi connectivity index (χ0n) is 17.6. The summed E-state index contributed by atoms with van der Waals surface area (Å²) in [6.45, 7) is 4.11. The van der Waals surface area contributed by atoms with Gasteiger partial charge in [-0.2, -0.15) is 0 Å². The van der Waals surface area contributed by atoms with Crippen molar-refractivity contribution in [1.29, 1.82) is 0 Å². The fourth-order valence-electron chi connectivity index (χ4n) is 3.39. The number of aromatic nitrogens is 5. The average molecular weight is 441 g/mol. The van der Waals surface area contributed by atoms with Gasteiger partial charge in [0, 0.05) is 17.2 Å². The number of benzene rings is 2. The molecule has 2 aromatic carbocycles. The maximum Gasteiger partial charge on any atom is 0.256 e. The van der Waals surface area contributed by atoms with Crippen molar-refractivity contribution in [3.8, 4) is 22.1 Å². The summed E-state index contributed by atoms with van der Waals surface area (Å²) in [6, 6.07) is 21.2. The quantitative estimate of drug-likeness (QED) is 0.393. The Bertz CT molecular complexity index is 1410. The third kappa shape index (κ3) is 3.88. The van der Waals surface area contributed by atoms with E-state index >= 15 is 0 Å². The molecule has 3 aromatic heterocycles. The Hall–Kier alpha value is -3.91. The molecule has 3 heterocycles. The molecule has 0 bridgehead atoms. The molecule has 8 heteroatoms. The van der Waals surface area contributed by atoms with E-state index in [-0.39, 0.29) is 11.9 Å². The van der Waals surface area contributed by atoms with E-state index in [1.165, 1.54) is 0 Å². The molecule has 5 aromatic rings. The van der Waals surface area contributed by atoms with Crippen LogP contribution in [0, 0.1) is 0 Å². The van der Waals surface area contributed by atoms with E-state index in [4.69, 9.17) is 0 Å². The predicted octanol–water partition coefficient (Wildman–Crippen LogP) is 5.45. The van der Waals surface area contributed by atoms with Crippen LogP contribution in [0.3, 0.4) is 0 Å². The van der Waals surface area contributed by atoms with E-state index in [9.17, 15) is 4.79 Å². The van der Waals surface area contributed by atoms with Gasteiger partial charge in [0.1, 0.15) is 22.8 Å². The molecule has 0 atom stereocenters. The van der Waals surface area contributed by atoms with Crippen LogP contribution >= 0.6 is 11.3 Å². The molecule has 1 amide bonds. The van der Waals surface area contributed by atoms with Crippen LogP contribution < -0.4 is 5.32 Å². The van der Waals surface area contributed by atoms with Gasteiger partial charge in [-0.05, 0) is 44.2 Å². The Balaban J connectivity index is 1.40. The molecule has 0 fully saturated rings. The molecule has 1 N–H and O–H groups in total. The van der Waals surface area contributed by atoms with Gasteiger partial charge in [-0.25, -0.2) is 9.97 Å². The zero-order valence-corrected chi connectivity index (χ0v) is 18.4. The number of carbonyl (C=O) groups is 1. The number of carbonyl (C=O) groups excluding carboxylic acids is 1. The van der Waals surface area contributed by atoms with Crippen LogP contribution in [0.1, 0.15) is 30.2 Å². The van der Waals surface area contributed by atoms with E-state index in [1.807, 2.05) is 59.2 Å². The molecule has 158 valence electrons. The van der Waals surface area contributed by atoms with Gasteiger partial charge in [0.2, 0.25) is 0 Å². The summed E-state index contributed by atoms with van der Waals surface area (Å²) in [4.78, 5) is 22.2. The van der Waals surface area contributed by atoms with E-state index in [0.29, 0.717) is 22.9 Å². The molecule has 0 radical (unpaired) electrons. The SMILES string of the molecule is CC(C)n1cnnc1-c1cccc(NC(=O)c2ccc3nc(-c4ccccc4)sc3c2)n1. The maximum absolute atomic E-state index is 12.9. The van der Waals surface area contributed by atoms with Gasteiger partial charge in [0.25, 0.3) is 5.91 Å². The highest BCUT2D eigenvalue weighted by molar-refractivity contribution is 7.21. The Morgan fingerprint density at radius 3 is 2.66 bits per heavy atom. The van der Waals surface area contributed by atoms with Crippen molar-refractivity contribution in [3.63, 3.8) is 0 Å². The van der Waals surface area contributed by atoms with Crippen LogP contribution in [0.4, 0.5) is 5.82 Å². The molecule has 0 aliphatic rings. The number of thiazole rings is 1. The molecule has 0 aliphatic carbocycles. The van der Waals surface area contributed by atoms with Gasteiger partial charge in [0.05, 0.1) is 10.2 Å². The Morgan fingerprint density at radius 1 is 1.00 bits per heavy atom. The number of nitrogens with one attached hydrogen (secondary N) is 1. The third-order valence-corrected chi connectivity index (χ3v) is 6.09. The number of nitrogens with zero attached hydrogens (tertiary/aromatic N) is 5. The molecule has 0 aliphatic heterocycles. The number of hydrogen-bond acceptors (Lipinski definition) is 6. The lowest BCUT2D eigenvalue weighted by atomic mass is 10.2. The Kier molecular flexibility index (Phi) is 5.20. The molecule has 0 saturated carbocycles. The number of rotatable bonds is 5. The summed E-state index contributed by atoms with van der Waals surface area (Å²) in [5.41, 5.74) is 3.14. The normalized spacial score (nSPS) is 11.2. The summed E-state index contributed by atoms with van der Waals surface area (Å²) < 4.78 is 2.90. The van der Waals surface area contributed by atoms with Crippen molar-refractivity contribution in [1.82, 2.24) is 24.7 Å². The highest BCUT2D eigenvalue weighted by Gasteiger charge is 2.14. The van der Waals surface area contributed by atoms with Crippen LogP contribution in [0.5, 0.6) is 0 Å². The molecule has 7 nitrogen and oxygen atoms in total. The van der Waals surface area contributed by atoms with E-state index < -0.39 is 0 Å². The largest absolute Gasteiger partial charge is 0.310 e. The number of anilines is 1. The van der Waals surface area contributed by atoms with E-state index in [2.05, 4.69) is 39.3 Å². The zero-order chi connectivity index (χ0) is 22.1. The van der Waals surface area contributed by atoms with Crippen LogP contribution in [0.2, 0.25) is 0 Å². The fraction of sp³-hybridized carbons (Fsp3) is 0.125. The number of fused-ring (bicyclic) bond motifs is 1. The van der Waals surface area contributed by atoms with Gasteiger partial charge in [0.15, 0.2) is 5.82 Å². The van der Waals surface area contributed by atoms with Gasteiger partial charge < -0.3 is 9.88 Å². The van der Waals surface area contributed by atoms with Gasteiger partial charge >= 0.3 is 0 Å². The minimum Gasteiger partial charge on any atom is -0.310 e. The summed E-state index contributed by atoms with van der Waals surface area (Å²) in [6.07, 6.45) is 1.68. The fourth-order valence-corrected chi connectivity index (χ4v) is 4.40. The highest BCUT2D eigenvalue weighted by Crippen LogP contribution is 2.30. The van der Waals surface area contributed by atoms with Crippen LogP contribution in [0.15, 0.2) is 73.1 Å². The molecular weight excluding hydrogens is 420 g/mol. The van der Waals surface area contributed by atoms with Crippen molar-refractivity contribution in [2.75, 3.05) is 5.32 Å². The standard InChI is InChI=1S/C24H20N6OS/c1-15(2)30-14-25-29-22(30)19-9-6-10-21(26-19)28-23(31)17-11-12-18-20(13-17)32-24(27-18)16-7-4-3-5-8-16/h3-15H,1-2H3,(H,26,28,31). The molecule has 5 rings (SSSR count). The van der Waals surface area contributed by atoms with Crippen molar-refractivity contribution in [3.05, 3.63) is 78.6 Å². The molecule has 32 heavy (non-hydrogen) atoms. The minimum atomic E-state index is -0.225. The van der Waals surface area contributed by atoms with Crippen LogP contribution in [0.25, 0.3) is 32.3 Å². The second kappa shape index (κ2) is 8.32. The first-order valence-electron chi connectivity index (χ1n) is 10.2. The van der Waals surface area contributed by atoms with Gasteiger partial charge in [-0.15, -0.1) is 21.5 Å². The summed E-state index contributed by atoms with van der Waals surface area (Å²) in [5.74, 6) is 0.896. The number of pyridine rings is 1. The van der Waals surface area contributed by atoms with E-state index in [0.717, 1.165) is 20.8 Å². The number of hydrogen-bond donors (Lipinski definition) is 1. The summed E-state index contributed by atoms with van der Waals surface area (Å²) in [7, 11) is 0. The third-order valence-electron chi connectivity index (χ3n) is 5.02. The van der Waals surface area contributed by atoms with Crippen LogP contribution in [-0.2, 0) is 0 Å². The van der Waals surface area contributed by atoms with Gasteiger partial charge in [-0.1, -0.05) is 36.4 Å². The Morgan fingerprint density at radius 2 is 1.84 bits per heavy atom. The predicted molar refractivity (Wildman–Crippen MR) is 127 cm³/mol. The second-order valence-corrected chi connectivity index (χ2v) is 8.62. The first-order chi connectivity index (χ1) is 15.6. The lowest BCUT2D eigenvalue weighted by molar-refractivity contribution is 0.102. The molecule has 0 saturated heterocycles. The monoisotopic (exact) mass is 440 g/mol. The summed E-state index contributed by atoms with van der Waals surface area (Å²) in [5, 5.41) is 12.0. The van der Waals surface area contributed by atoms with Crippen molar-refractivity contribution < 1.29 is 4.79 Å².